The second-order valence-corrected chi connectivity index (χ2v) is 7.14. The lowest BCUT2D eigenvalue weighted by Gasteiger charge is -2.23. The molecule has 0 bridgehead atoms. The number of fused-ring (bicyclic) bond motifs is 1. The zero-order chi connectivity index (χ0) is 20.6. The Labute approximate surface area is 165 Å². The lowest BCUT2D eigenvalue weighted by atomic mass is 10.1. The van der Waals surface area contributed by atoms with Crippen molar-refractivity contribution in [1.29, 1.82) is 0 Å². The summed E-state index contributed by atoms with van der Waals surface area (Å²) in [6, 6.07) is 6.32. The van der Waals surface area contributed by atoms with Crippen molar-refractivity contribution >= 4 is 22.6 Å². The maximum atomic E-state index is 12.7. The molecule has 3 aromatic rings. The molecule has 0 radical (unpaired) electrons. The molecule has 0 unspecified atom stereocenters. The second-order valence-electron chi connectivity index (χ2n) is 7.14. The van der Waals surface area contributed by atoms with Gasteiger partial charge in [0.15, 0.2) is 5.65 Å². The van der Waals surface area contributed by atoms with Crippen LogP contribution in [0.1, 0.15) is 40.5 Å². The fraction of sp³-hybridized carbons (Fsp3) is 0.350. The van der Waals surface area contributed by atoms with E-state index < -0.39 is 17.6 Å². The normalized spacial score (nSPS) is 15.6. The number of hydrogen-bond acceptors (Lipinski definition) is 4. The number of hydrogen-bond donors (Lipinski definition) is 2. The number of carbonyl (C=O) groups is 1. The van der Waals surface area contributed by atoms with E-state index in [1.54, 1.807) is 6.07 Å². The molecule has 3 heterocycles. The van der Waals surface area contributed by atoms with Crippen LogP contribution < -0.4 is 10.6 Å². The molecule has 1 amide bonds. The Kier molecular flexibility index (Phi) is 4.99. The number of amides is 1. The zero-order valence-electron chi connectivity index (χ0n) is 15.8. The molecule has 2 N–H and O–H groups in total. The van der Waals surface area contributed by atoms with Crippen molar-refractivity contribution in [2.45, 2.75) is 32.0 Å². The topological polar surface area (TPSA) is 71.8 Å². The zero-order valence-corrected chi connectivity index (χ0v) is 15.8. The molecule has 1 aliphatic heterocycles. The minimum Gasteiger partial charge on any atom is -0.322 e. The second kappa shape index (κ2) is 7.47. The van der Waals surface area contributed by atoms with E-state index in [-0.39, 0.29) is 11.7 Å². The molecule has 152 valence electrons. The van der Waals surface area contributed by atoms with E-state index in [1.165, 1.54) is 18.3 Å². The lowest BCUT2D eigenvalue weighted by molar-refractivity contribution is -0.137. The van der Waals surface area contributed by atoms with Crippen LogP contribution in [0.4, 0.5) is 18.9 Å². The number of piperidine rings is 1. The van der Waals surface area contributed by atoms with E-state index in [0.717, 1.165) is 54.8 Å². The first-order valence-corrected chi connectivity index (χ1v) is 9.37. The molecule has 29 heavy (non-hydrogen) atoms. The molecule has 6 nitrogen and oxygen atoms in total. The minimum absolute atomic E-state index is 0.270. The summed E-state index contributed by atoms with van der Waals surface area (Å²) in [5.74, 6) is -0.437. The quantitative estimate of drug-likeness (QED) is 0.695. The smallest absolute Gasteiger partial charge is 0.322 e. The number of pyridine rings is 1. The molecular formula is C20H20F3N5O. The van der Waals surface area contributed by atoms with Gasteiger partial charge in [0.2, 0.25) is 0 Å². The molecular weight excluding hydrogens is 383 g/mol. The van der Waals surface area contributed by atoms with Gasteiger partial charge in [-0.3, -0.25) is 4.79 Å². The van der Waals surface area contributed by atoms with Crippen LogP contribution in [0.2, 0.25) is 0 Å². The van der Waals surface area contributed by atoms with Crippen LogP contribution >= 0.6 is 0 Å². The van der Waals surface area contributed by atoms with Gasteiger partial charge in [-0.25, -0.2) is 9.67 Å². The number of carbonyl (C=O) groups excluding carboxylic acids is 1. The van der Waals surface area contributed by atoms with Gasteiger partial charge in [0.25, 0.3) is 5.91 Å². The fourth-order valence-corrected chi connectivity index (χ4v) is 3.55. The van der Waals surface area contributed by atoms with Gasteiger partial charge in [-0.2, -0.15) is 18.3 Å². The molecule has 4 rings (SSSR count). The van der Waals surface area contributed by atoms with Crippen molar-refractivity contribution < 1.29 is 18.0 Å². The highest BCUT2D eigenvalue weighted by Crippen LogP contribution is 2.30. The van der Waals surface area contributed by atoms with Gasteiger partial charge in [-0.05, 0) is 63.2 Å². The third-order valence-electron chi connectivity index (χ3n) is 5.12. The maximum Gasteiger partial charge on any atom is 0.416 e. The van der Waals surface area contributed by atoms with E-state index >= 15 is 0 Å². The van der Waals surface area contributed by atoms with Gasteiger partial charge in [0, 0.05) is 17.3 Å². The van der Waals surface area contributed by atoms with Gasteiger partial charge in [-0.1, -0.05) is 0 Å². The summed E-state index contributed by atoms with van der Waals surface area (Å²) in [4.78, 5) is 17.0. The van der Waals surface area contributed by atoms with Crippen molar-refractivity contribution in [1.82, 2.24) is 20.1 Å². The fourth-order valence-electron chi connectivity index (χ4n) is 3.55. The van der Waals surface area contributed by atoms with E-state index in [0.29, 0.717) is 5.56 Å². The van der Waals surface area contributed by atoms with Crippen molar-refractivity contribution in [3.05, 3.63) is 53.3 Å². The highest BCUT2D eigenvalue weighted by molar-refractivity contribution is 6.05. The average Bonchev–Trinajstić information content (AvgIpc) is 3.04. The van der Waals surface area contributed by atoms with Crippen molar-refractivity contribution in [2.75, 3.05) is 18.4 Å². The molecule has 1 saturated heterocycles. The summed E-state index contributed by atoms with van der Waals surface area (Å²) >= 11 is 0. The molecule has 0 aliphatic carbocycles. The standard InChI is InChI=1S/C20H20F3N5O/c1-12-17-10-13(11-25-18(17)28(27-12)16-6-8-24-9-7-16)19(29)26-15-4-2-14(3-5-15)20(21,22)23/h2-5,10-11,16,24H,6-9H2,1H3,(H,26,29). The molecule has 2 aromatic heterocycles. The van der Waals surface area contributed by atoms with Crippen LogP contribution in [0.15, 0.2) is 36.5 Å². The van der Waals surface area contributed by atoms with Crippen LogP contribution in [0.25, 0.3) is 11.0 Å². The average molecular weight is 403 g/mol. The van der Waals surface area contributed by atoms with E-state index in [2.05, 4.69) is 20.7 Å². The third kappa shape index (κ3) is 3.95. The summed E-state index contributed by atoms with van der Waals surface area (Å²) < 4.78 is 39.9. The number of nitrogens with zero attached hydrogens (tertiary/aromatic N) is 3. The Hall–Kier alpha value is -2.94. The summed E-state index contributed by atoms with van der Waals surface area (Å²) in [5.41, 5.74) is 1.37. The highest BCUT2D eigenvalue weighted by Gasteiger charge is 2.30. The summed E-state index contributed by atoms with van der Waals surface area (Å²) in [6.07, 6.45) is -1.01. The summed E-state index contributed by atoms with van der Waals surface area (Å²) in [6.45, 7) is 3.73. The number of benzene rings is 1. The molecule has 1 fully saturated rings. The van der Waals surface area contributed by atoms with Crippen LogP contribution in [0, 0.1) is 6.92 Å². The number of aromatic nitrogens is 3. The van der Waals surface area contributed by atoms with Crippen molar-refractivity contribution in [3.63, 3.8) is 0 Å². The first-order valence-electron chi connectivity index (χ1n) is 9.37. The van der Waals surface area contributed by atoms with Gasteiger partial charge in [-0.15, -0.1) is 0 Å². The molecule has 9 heteroatoms. The molecule has 0 saturated carbocycles. The highest BCUT2D eigenvalue weighted by atomic mass is 19.4. The van der Waals surface area contributed by atoms with Crippen molar-refractivity contribution in [2.24, 2.45) is 0 Å². The van der Waals surface area contributed by atoms with Crippen LogP contribution in [0.5, 0.6) is 0 Å². The predicted molar refractivity (Wildman–Crippen MR) is 103 cm³/mol. The molecule has 0 atom stereocenters. The van der Waals surface area contributed by atoms with E-state index in [9.17, 15) is 18.0 Å². The molecule has 1 aromatic carbocycles. The Morgan fingerprint density at radius 1 is 1.21 bits per heavy atom. The largest absolute Gasteiger partial charge is 0.416 e. The summed E-state index contributed by atoms with van der Waals surface area (Å²) in [5, 5.41) is 11.3. The lowest BCUT2D eigenvalue weighted by Crippen LogP contribution is -2.30. The number of anilines is 1. The maximum absolute atomic E-state index is 12.7. The first-order chi connectivity index (χ1) is 13.8. The van der Waals surface area contributed by atoms with Gasteiger partial charge < -0.3 is 10.6 Å². The summed E-state index contributed by atoms with van der Waals surface area (Å²) in [7, 11) is 0. The number of aryl methyl sites for hydroxylation is 1. The predicted octanol–water partition coefficient (Wildman–Crippen LogP) is 3.94. The van der Waals surface area contributed by atoms with Crippen LogP contribution in [0.3, 0.4) is 0 Å². The number of nitrogens with one attached hydrogen (secondary N) is 2. The number of rotatable bonds is 3. The molecule has 0 spiro atoms. The van der Waals surface area contributed by atoms with Gasteiger partial charge in [0.05, 0.1) is 22.9 Å². The Balaban J connectivity index is 1.56. The first kappa shape index (κ1) is 19.4. The van der Waals surface area contributed by atoms with E-state index in [1.807, 2.05) is 11.6 Å². The SMILES string of the molecule is Cc1nn(C2CCNCC2)c2ncc(C(=O)Nc3ccc(C(F)(F)F)cc3)cc12. The van der Waals surface area contributed by atoms with Crippen LogP contribution in [-0.2, 0) is 6.18 Å². The Morgan fingerprint density at radius 2 is 1.90 bits per heavy atom. The van der Waals surface area contributed by atoms with E-state index in [4.69, 9.17) is 0 Å². The monoisotopic (exact) mass is 403 g/mol. The number of halogens is 3. The molecule has 1 aliphatic rings. The van der Waals surface area contributed by atoms with Crippen molar-refractivity contribution in [3.8, 4) is 0 Å². The number of alkyl halides is 3. The van der Waals surface area contributed by atoms with Crippen LogP contribution in [-0.4, -0.2) is 33.8 Å². The third-order valence-corrected chi connectivity index (χ3v) is 5.12. The minimum atomic E-state index is -4.41. The van der Waals surface area contributed by atoms with Gasteiger partial charge in [0.1, 0.15) is 0 Å². The Bertz CT molecular complexity index is 1040. The van der Waals surface area contributed by atoms with Gasteiger partial charge >= 0.3 is 6.18 Å². The Morgan fingerprint density at radius 3 is 2.55 bits per heavy atom.